The summed E-state index contributed by atoms with van der Waals surface area (Å²) in [5.41, 5.74) is 1.89. The molecule has 3 heterocycles. The minimum atomic E-state index is -0.0431. The van der Waals surface area contributed by atoms with E-state index in [1.54, 1.807) is 47.2 Å². The number of carbonyl (C=O) groups excluding carboxylic acids is 1. The van der Waals surface area contributed by atoms with Crippen LogP contribution in [0.4, 0.5) is 0 Å². The summed E-state index contributed by atoms with van der Waals surface area (Å²) in [6.45, 7) is 0. The molecule has 0 aromatic carbocycles. The first-order valence-electron chi connectivity index (χ1n) is 5.40. The van der Waals surface area contributed by atoms with E-state index in [0.29, 0.717) is 16.8 Å². The molecule has 0 saturated heterocycles. The van der Waals surface area contributed by atoms with Crippen LogP contribution in [0.1, 0.15) is 16.1 Å². The van der Waals surface area contributed by atoms with Crippen LogP contribution in [0.3, 0.4) is 0 Å². The SMILES string of the molecule is Cn1cc(CC(=O)c2cnn3ccncc23)nn1. The molecule has 0 amide bonds. The number of carbonyl (C=O) groups is 1. The lowest BCUT2D eigenvalue weighted by Gasteiger charge is -1.95. The molecule has 0 atom stereocenters. The third kappa shape index (κ3) is 1.75. The normalized spacial score (nSPS) is 10.9. The second kappa shape index (κ2) is 4.02. The Labute approximate surface area is 102 Å². The Bertz CT molecular complexity index is 713. The molecule has 0 N–H and O–H groups in total. The predicted molar refractivity (Wildman–Crippen MR) is 62.0 cm³/mol. The van der Waals surface area contributed by atoms with Crippen LogP contribution in [-0.2, 0) is 13.5 Å². The molecule has 0 aliphatic rings. The number of rotatable bonds is 3. The van der Waals surface area contributed by atoms with Crippen LogP contribution < -0.4 is 0 Å². The van der Waals surface area contributed by atoms with Crippen molar-refractivity contribution in [2.24, 2.45) is 7.05 Å². The van der Waals surface area contributed by atoms with Crippen molar-refractivity contribution in [1.82, 2.24) is 29.6 Å². The van der Waals surface area contributed by atoms with Crippen molar-refractivity contribution in [3.05, 3.63) is 42.2 Å². The van der Waals surface area contributed by atoms with Gasteiger partial charge in [0.1, 0.15) is 0 Å². The van der Waals surface area contributed by atoms with Crippen LogP contribution in [0.25, 0.3) is 5.52 Å². The van der Waals surface area contributed by atoms with Gasteiger partial charge in [0.2, 0.25) is 0 Å². The molecule has 7 nitrogen and oxygen atoms in total. The zero-order chi connectivity index (χ0) is 12.5. The summed E-state index contributed by atoms with van der Waals surface area (Å²) in [7, 11) is 1.76. The Morgan fingerprint density at radius 3 is 3.06 bits per heavy atom. The van der Waals surface area contributed by atoms with Crippen LogP contribution >= 0.6 is 0 Å². The summed E-state index contributed by atoms with van der Waals surface area (Å²) in [5.74, 6) is -0.0431. The molecule has 3 aromatic heterocycles. The van der Waals surface area contributed by atoms with Gasteiger partial charge in [-0.25, -0.2) is 4.52 Å². The van der Waals surface area contributed by atoms with Crippen molar-refractivity contribution in [2.45, 2.75) is 6.42 Å². The summed E-state index contributed by atoms with van der Waals surface area (Å²) in [6, 6.07) is 0. The monoisotopic (exact) mass is 242 g/mol. The van der Waals surface area contributed by atoms with E-state index in [1.165, 1.54) is 0 Å². The average molecular weight is 242 g/mol. The molecule has 0 aliphatic heterocycles. The topological polar surface area (TPSA) is 78.0 Å². The number of nitrogens with zero attached hydrogens (tertiary/aromatic N) is 6. The number of hydrogen-bond acceptors (Lipinski definition) is 5. The van der Waals surface area contributed by atoms with E-state index >= 15 is 0 Å². The standard InChI is InChI=1S/C11H10N6O/c1-16-7-8(14-15-16)4-11(18)9-5-13-17-3-2-12-6-10(9)17/h2-3,5-7H,4H2,1H3. The molecule has 3 aromatic rings. The maximum absolute atomic E-state index is 12.1. The molecular weight excluding hydrogens is 232 g/mol. The van der Waals surface area contributed by atoms with Crippen LogP contribution in [0, 0.1) is 0 Å². The van der Waals surface area contributed by atoms with Crippen molar-refractivity contribution in [2.75, 3.05) is 0 Å². The Morgan fingerprint density at radius 2 is 2.28 bits per heavy atom. The van der Waals surface area contributed by atoms with Gasteiger partial charge in [0.25, 0.3) is 0 Å². The average Bonchev–Trinajstić information content (AvgIpc) is 2.95. The minimum Gasteiger partial charge on any atom is -0.294 e. The third-order valence-corrected chi connectivity index (χ3v) is 2.62. The van der Waals surface area contributed by atoms with E-state index in [9.17, 15) is 4.79 Å². The smallest absolute Gasteiger partial charge is 0.172 e. The van der Waals surface area contributed by atoms with Gasteiger partial charge in [0.05, 0.1) is 35.6 Å². The van der Waals surface area contributed by atoms with Gasteiger partial charge in [-0.3, -0.25) is 14.5 Å². The van der Waals surface area contributed by atoms with Crippen molar-refractivity contribution in [3.8, 4) is 0 Å². The minimum absolute atomic E-state index is 0.0431. The number of fused-ring (bicyclic) bond motifs is 1. The van der Waals surface area contributed by atoms with Crippen LogP contribution in [0.5, 0.6) is 0 Å². The van der Waals surface area contributed by atoms with Gasteiger partial charge >= 0.3 is 0 Å². The first-order valence-corrected chi connectivity index (χ1v) is 5.40. The maximum atomic E-state index is 12.1. The summed E-state index contributed by atoms with van der Waals surface area (Å²) < 4.78 is 3.19. The highest BCUT2D eigenvalue weighted by molar-refractivity contribution is 6.02. The van der Waals surface area contributed by atoms with Crippen molar-refractivity contribution in [3.63, 3.8) is 0 Å². The fraction of sp³-hybridized carbons (Fsp3) is 0.182. The van der Waals surface area contributed by atoms with Gasteiger partial charge in [-0.1, -0.05) is 5.21 Å². The molecule has 3 rings (SSSR count). The molecule has 0 saturated carbocycles. The van der Waals surface area contributed by atoms with Gasteiger partial charge in [-0.15, -0.1) is 5.10 Å². The van der Waals surface area contributed by atoms with E-state index in [1.807, 2.05) is 0 Å². The predicted octanol–water partition coefficient (Wildman–Crippen LogP) is 0.283. The molecule has 0 bridgehead atoms. The molecule has 7 heteroatoms. The van der Waals surface area contributed by atoms with E-state index in [4.69, 9.17) is 0 Å². The Morgan fingerprint density at radius 1 is 1.39 bits per heavy atom. The molecule has 90 valence electrons. The second-order valence-corrected chi connectivity index (χ2v) is 3.95. The number of ketones is 1. The number of aryl methyl sites for hydroxylation is 1. The molecule has 0 radical (unpaired) electrons. The van der Waals surface area contributed by atoms with E-state index in [0.717, 1.165) is 0 Å². The van der Waals surface area contributed by atoms with Gasteiger partial charge in [0.15, 0.2) is 5.78 Å². The third-order valence-electron chi connectivity index (χ3n) is 2.62. The highest BCUT2D eigenvalue weighted by Gasteiger charge is 2.14. The summed E-state index contributed by atoms with van der Waals surface area (Å²) in [5, 5.41) is 11.8. The highest BCUT2D eigenvalue weighted by Crippen LogP contribution is 2.11. The quantitative estimate of drug-likeness (QED) is 0.616. The van der Waals surface area contributed by atoms with Crippen LogP contribution in [0.2, 0.25) is 0 Å². The molecular formula is C11H10N6O. The van der Waals surface area contributed by atoms with Gasteiger partial charge in [0, 0.05) is 25.6 Å². The second-order valence-electron chi connectivity index (χ2n) is 3.95. The fourth-order valence-corrected chi connectivity index (χ4v) is 1.79. The van der Waals surface area contributed by atoms with Crippen LogP contribution in [0.15, 0.2) is 31.0 Å². The van der Waals surface area contributed by atoms with E-state index in [2.05, 4.69) is 20.4 Å². The lowest BCUT2D eigenvalue weighted by atomic mass is 10.1. The van der Waals surface area contributed by atoms with Gasteiger partial charge in [-0.2, -0.15) is 5.10 Å². The van der Waals surface area contributed by atoms with Gasteiger partial charge < -0.3 is 0 Å². The number of Topliss-reactive ketones (excluding diaryl/α,β-unsaturated/α-hetero) is 1. The number of aromatic nitrogens is 6. The molecule has 0 aliphatic carbocycles. The van der Waals surface area contributed by atoms with Crippen molar-refractivity contribution < 1.29 is 4.79 Å². The first kappa shape index (κ1) is 10.6. The van der Waals surface area contributed by atoms with Crippen molar-refractivity contribution >= 4 is 11.3 Å². The molecule has 18 heavy (non-hydrogen) atoms. The van der Waals surface area contributed by atoms with E-state index in [-0.39, 0.29) is 12.2 Å². The zero-order valence-electron chi connectivity index (χ0n) is 9.69. The summed E-state index contributed by atoms with van der Waals surface area (Å²) in [4.78, 5) is 16.1. The molecule has 0 unspecified atom stereocenters. The fourth-order valence-electron chi connectivity index (χ4n) is 1.79. The Kier molecular flexibility index (Phi) is 2.36. The highest BCUT2D eigenvalue weighted by atomic mass is 16.1. The largest absolute Gasteiger partial charge is 0.294 e. The number of hydrogen-bond donors (Lipinski definition) is 0. The summed E-state index contributed by atoms with van der Waals surface area (Å²) in [6.07, 6.45) is 8.43. The Balaban J connectivity index is 1.92. The van der Waals surface area contributed by atoms with Crippen LogP contribution in [-0.4, -0.2) is 35.4 Å². The van der Waals surface area contributed by atoms with E-state index < -0.39 is 0 Å². The maximum Gasteiger partial charge on any atom is 0.172 e. The summed E-state index contributed by atoms with van der Waals surface area (Å²) >= 11 is 0. The Hall–Kier alpha value is -2.57. The molecule has 0 spiro atoms. The van der Waals surface area contributed by atoms with Crippen molar-refractivity contribution in [1.29, 1.82) is 0 Å². The first-order chi connectivity index (χ1) is 8.74. The van der Waals surface area contributed by atoms with Gasteiger partial charge in [-0.05, 0) is 0 Å². The zero-order valence-corrected chi connectivity index (χ0v) is 9.69. The lowest BCUT2D eigenvalue weighted by molar-refractivity contribution is 0.0993. The lowest BCUT2D eigenvalue weighted by Crippen LogP contribution is -2.03. The molecule has 0 fully saturated rings.